The summed E-state index contributed by atoms with van der Waals surface area (Å²) >= 11 is 0. The molecule has 0 saturated carbocycles. The first kappa shape index (κ1) is 23.0. The Morgan fingerprint density at radius 2 is 1.96 bits per heavy atom. The van der Waals surface area contributed by atoms with E-state index >= 15 is 0 Å². The molecule has 0 bridgehead atoms. The van der Waals surface area contributed by atoms with Gasteiger partial charge in [-0.3, -0.25) is 0 Å². The van der Waals surface area contributed by atoms with Crippen LogP contribution in [0.5, 0.6) is 0 Å². The van der Waals surface area contributed by atoms with Crippen molar-refractivity contribution in [2.45, 2.75) is 33.2 Å². The Morgan fingerprint density at radius 3 is 2.63 bits per heavy atom. The van der Waals surface area contributed by atoms with Crippen LogP contribution in [0.15, 0.2) is 45.8 Å². The minimum Gasteiger partial charge on any atom is -0.465 e. The molecule has 0 aliphatic heterocycles. The van der Waals surface area contributed by atoms with Crippen molar-refractivity contribution in [3.63, 3.8) is 0 Å². The number of methoxy groups -OCH3 is 1. The van der Waals surface area contributed by atoms with Crippen LogP contribution in [0.4, 0.5) is 0 Å². The molecule has 0 saturated heterocycles. The van der Waals surface area contributed by atoms with Crippen LogP contribution in [0, 0.1) is 6.92 Å². The van der Waals surface area contributed by atoms with E-state index in [1.54, 1.807) is 13.0 Å². The third-order valence-corrected chi connectivity index (χ3v) is 3.89. The smallest absolute Gasteiger partial charge is 0.341 e. The fraction of sp³-hybridized carbons (Fsp3) is 0.400. The summed E-state index contributed by atoms with van der Waals surface area (Å²) in [6, 6.07) is 12.1. The molecule has 148 valence electrons. The number of rotatable bonds is 8. The Labute approximate surface area is 177 Å². The van der Waals surface area contributed by atoms with E-state index < -0.39 is 5.97 Å². The largest absolute Gasteiger partial charge is 0.465 e. The van der Waals surface area contributed by atoms with E-state index in [0.717, 1.165) is 31.9 Å². The van der Waals surface area contributed by atoms with Gasteiger partial charge in [0.25, 0.3) is 0 Å². The quantitative estimate of drug-likeness (QED) is 0.196. The average Bonchev–Trinajstić information content (AvgIpc) is 3.04. The van der Waals surface area contributed by atoms with Crippen LogP contribution >= 0.6 is 24.0 Å². The molecule has 2 rings (SSSR count). The molecule has 0 aliphatic carbocycles. The van der Waals surface area contributed by atoms with Crippen LogP contribution in [-0.2, 0) is 17.7 Å². The van der Waals surface area contributed by atoms with Crippen molar-refractivity contribution in [3.8, 4) is 0 Å². The molecule has 0 fully saturated rings. The molecule has 1 aromatic heterocycles. The van der Waals surface area contributed by atoms with Gasteiger partial charge in [0.1, 0.15) is 23.6 Å². The third kappa shape index (κ3) is 7.62. The van der Waals surface area contributed by atoms with Crippen molar-refractivity contribution in [3.05, 3.63) is 59.0 Å². The van der Waals surface area contributed by atoms with Crippen molar-refractivity contribution in [1.29, 1.82) is 0 Å². The highest BCUT2D eigenvalue weighted by atomic mass is 127. The van der Waals surface area contributed by atoms with Gasteiger partial charge in [-0.15, -0.1) is 24.0 Å². The Hall–Kier alpha value is -2.03. The van der Waals surface area contributed by atoms with Crippen molar-refractivity contribution < 1.29 is 13.9 Å². The van der Waals surface area contributed by atoms with Gasteiger partial charge < -0.3 is 19.8 Å². The van der Waals surface area contributed by atoms with Gasteiger partial charge in [0.2, 0.25) is 0 Å². The summed E-state index contributed by atoms with van der Waals surface area (Å²) in [6.45, 7) is 5.71. The Morgan fingerprint density at radius 1 is 1.22 bits per heavy atom. The molecule has 6 nitrogen and oxygen atoms in total. The van der Waals surface area contributed by atoms with E-state index in [9.17, 15) is 4.79 Å². The van der Waals surface area contributed by atoms with Crippen molar-refractivity contribution in [2.75, 3.05) is 20.2 Å². The van der Waals surface area contributed by atoms with E-state index in [1.807, 2.05) is 13.0 Å². The van der Waals surface area contributed by atoms with Gasteiger partial charge in [0.05, 0.1) is 7.11 Å². The minimum absolute atomic E-state index is 0. The lowest BCUT2D eigenvalue weighted by molar-refractivity contribution is 0.0599. The third-order valence-electron chi connectivity index (χ3n) is 3.89. The first-order valence-electron chi connectivity index (χ1n) is 8.87. The van der Waals surface area contributed by atoms with Crippen LogP contribution < -0.4 is 10.6 Å². The topological polar surface area (TPSA) is 75.9 Å². The lowest BCUT2D eigenvalue weighted by atomic mass is 10.1. The summed E-state index contributed by atoms with van der Waals surface area (Å²) in [4.78, 5) is 16.2. The fourth-order valence-electron chi connectivity index (χ4n) is 2.58. The molecule has 0 atom stereocenters. The zero-order valence-corrected chi connectivity index (χ0v) is 18.4. The summed E-state index contributed by atoms with van der Waals surface area (Å²) in [5.74, 6) is 1.51. The number of furan rings is 1. The van der Waals surface area contributed by atoms with Crippen LogP contribution in [0.3, 0.4) is 0 Å². The molecular formula is C20H28IN3O3. The number of hydrogen-bond donors (Lipinski definition) is 2. The molecule has 0 radical (unpaired) electrons. The van der Waals surface area contributed by atoms with Crippen LogP contribution in [0.1, 0.15) is 40.8 Å². The number of aryl methyl sites for hydroxylation is 2. The van der Waals surface area contributed by atoms with Crippen LogP contribution in [0.2, 0.25) is 0 Å². The number of ether oxygens (including phenoxy) is 1. The Balaban J connectivity index is 0.00000364. The molecular weight excluding hydrogens is 457 g/mol. The number of hydrogen-bond acceptors (Lipinski definition) is 4. The van der Waals surface area contributed by atoms with Gasteiger partial charge in [-0.05, 0) is 38.3 Å². The lowest BCUT2D eigenvalue weighted by Gasteiger charge is -2.10. The first-order chi connectivity index (χ1) is 12.6. The number of esters is 1. The summed E-state index contributed by atoms with van der Waals surface area (Å²) in [5.41, 5.74) is 1.77. The molecule has 27 heavy (non-hydrogen) atoms. The van der Waals surface area contributed by atoms with Gasteiger partial charge in [0.15, 0.2) is 5.96 Å². The maximum absolute atomic E-state index is 11.6. The van der Waals surface area contributed by atoms with Crippen LogP contribution in [-0.4, -0.2) is 32.1 Å². The number of nitrogens with one attached hydrogen (secondary N) is 2. The number of carbonyl (C=O) groups excluding carboxylic acids is 1. The molecule has 0 aliphatic rings. The van der Waals surface area contributed by atoms with Gasteiger partial charge in [-0.25, -0.2) is 9.79 Å². The number of guanidine groups is 1. The van der Waals surface area contributed by atoms with Gasteiger partial charge in [-0.2, -0.15) is 0 Å². The van der Waals surface area contributed by atoms with Crippen molar-refractivity contribution >= 4 is 35.9 Å². The molecule has 1 heterocycles. The SMILES string of the molecule is CCNC(=NCc1cc(C(=O)OC)c(C)o1)NCCCc1ccccc1.I. The molecule has 0 unspecified atom stereocenters. The second-order valence-electron chi connectivity index (χ2n) is 5.89. The highest BCUT2D eigenvalue weighted by Crippen LogP contribution is 2.16. The number of aliphatic imine (C=N–C) groups is 1. The maximum Gasteiger partial charge on any atom is 0.341 e. The van der Waals surface area contributed by atoms with Crippen molar-refractivity contribution in [2.24, 2.45) is 4.99 Å². The summed E-state index contributed by atoms with van der Waals surface area (Å²) < 4.78 is 10.3. The van der Waals surface area contributed by atoms with Gasteiger partial charge >= 0.3 is 5.97 Å². The lowest BCUT2D eigenvalue weighted by Crippen LogP contribution is -2.37. The first-order valence-corrected chi connectivity index (χ1v) is 8.87. The van der Waals surface area contributed by atoms with E-state index in [4.69, 9.17) is 9.15 Å². The summed E-state index contributed by atoms with van der Waals surface area (Å²) in [7, 11) is 1.36. The Bertz CT molecular complexity index is 729. The van der Waals surface area contributed by atoms with Crippen LogP contribution in [0.25, 0.3) is 0 Å². The predicted molar refractivity (Wildman–Crippen MR) is 118 cm³/mol. The van der Waals surface area contributed by atoms with E-state index in [1.165, 1.54) is 12.7 Å². The number of carbonyl (C=O) groups is 1. The predicted octanol–water partition coefficient (Wildman–Crippen LogP) is 3.68. The van der Waals surface area contributed by atoms with E-state index in [-0.39, 0.29) is 24.0 Å². The fourth-order valence-corrected chi connectivity index (χ4v) is 2.58. The average molecular weight is 485 g/mol. The molecule has 0 spiro atoms. The molecule has 0 amide bonds. The highest BCUT2D eigenvalue weighted by molar-refractivity contribution is 14.0. The second kappa shape index (κ2) is 12.4. The number of nitrogens with zero attached hydrogens (tertiary/aromatic N) is 1. The maximum atomic E-state index is 11.6. The normalized spacial score (nSPS) is 10.9. The van der Waals surface area contributed by atoms with Crippen molar-refractivity contribution in [1.82, 2.24) is 10.6 Å². The van der Waals surface area contributed by atoms with E-state index in [0.29, 0.717) is 23.6 Å². The zero-order chi connectivity index (χ0) is 18.8. The zero-order valence-electron chi connectivity index (χ0n) is 16.1. The summed E-state index contributed by atoms with van der Waals surface area (Å²) in [6.07, 6.45) is 2.04. The second-order valence-corrected chi connectivity index (χ2v) is 5.89. The summed E-state index contributed by atoms with van der Waals surface area (Å²) in [5, 5.41) is 6.53. The molecule has 2 aromatic rings. The Kier molecular flexibility index (Phi) is 10.5. The van der Waals surface area contributed by atoms with Gasteiger partial charge in [0, 0.05) is 13.1 Å². The minimum atomic E-state index is -0.396. The molecule has 7 heteroatoms. The van der Waals surface area contributed by atoms with Gasteiger partial charge in [-0.1, -0.05) is 30.3 Å². The number of benzene rings is 1. The standard InChI is InChI=1S/C20H27N3O3.HI/c1-4-21-20(22-12-8-11-16-9-6-5-7-10-16)23-14-17-13-18(15(2)26-17)19(24)25-3;/h5-7,9-10,13H,4,8,11-12,14H2,1-3H3,(H2,21,22,23);1H. The monoisotopic (exact) mass is 485 g/mol. The van der Waals surface area contributed by atoms with E-state index in [2.05, 4.69) is 39.9 Å². The highest BCUT2D eigenvalue weighted by Gasteiger charge is 2.15. The molecule has 2 N–H and O–H groups in total. The number of halogens is 1. The molecule has 1 aromatic carbocycles.